The maximum Gasteiger partial charge on any atom is 0.219 e. The number of amides is 1. The molecule has 1 rings (SSSR count). The summed E-state index contributed by atoms with van der Waals surface area (Å²) in [5, 5.41) is 6.20. The Morgan fingerprint density at radius 1 is 1.53 bits per heavy atom. The zero-order valence-electron chi connectivity index (χ0n) is 11.5. The molecule has 0 aromatic carbocycles. The number of nitrogens with one attached hydrogen (secondary N) is 2. The minimum atomic E-state index is 0.146. The third-order valence-electron chi connectivity index (χ3n) is 3.48. The summed E-state index contributed by atoms with van der Waals surface area (Å²) in [5.41, 5.74) is 0. The van der Waals surface area contributed by atoms with Gasteiger partial charge >= 0.3 is 0 Å². The third kappa shape index (κ3) is 5.50. The van der Waals surface area contributed by atoms with Crippen molar-refractivity contribution < 1.29 is 4.79 Å². The summed E-state index contributed by atoms with van der Waals surface area (Å²) in [5.74, 6) is 0.146. The Morgan fingerprint density at radius 2 is 2.29 bits per heavy atom. The van der Waals surface area contributed by atoms with Crippen molar-refractivity contribution >= 4 is 5.91 Å². The summed E-state index contributed by atoms with van der Waals surface area (Å²) in [6.45, 7) is 7.76. The molecule has 0 radical (unpaired) electrons. The van der Waals surface area contributed by atoms with Gasteiger partial charge in [0.1, 0.15) is 0 Å². The monoisotopic (exact) mass is 241 g/mol. The van der Waals surface area contributed by atoms with E-state index in [-0.39, 0.29) is 5.91 Å². The third-order valence-corrected chi connectivity index (χ3v) is 3.48. The van der Waals surface area contributed by atoms with E-state index in [1.165, 1.54) is 12.8 Å². The number of nitrogens with zero attached hydrogens (tertiary/aromatic N) is 1. The fourth-order valence-electron chi connectivity index (χ4n) is 2.32. The number of rotatable bonds is 7. The second-order valence-electron chi connectivity index (χ2n) is 5.16. The number of hydrogen-bond donors (Lipinski definition) is 2. The molecular weight excluding hydrogens is 214 g/mol. The maximum absolute atomic E-state index is 11.2. The lowest BCUT2D eigenvalue weighted by Crippen LogP contribution is -2.41. The van der Waals surface area contributed by atoms with Gasteiger partial charge in [-0.05, 0) is 46.2 Å². The van der Waals surface area contributed by atoms with E-state index in [4.69, 9.17) is 0 Å². The first-order valence-corrected chi connectivity index (χ1v) is 6.81. The van der Waals surface area contributed by atoms with Crippen LogP contribution in [0.15, 0.2) is 0 Å². The summed E-state index contributed by atoms with van der Waals surface area (Å²) >= 11 is 0. The van der Waals surface area contributed by atoms with Crippen molar-refractivity contribution in [1.82, 2.24) is 15.5 Å². The summed E-state index contributed by atoms with van der Waals surface area (Å²) < 4.78 is 0. The summed E-state index contributed by atoms with van der Waals surface area (Å²) in [6, 6.07) is 1.21. The molecular formula is C13H27N3O. The molecule has 1 amide bonds. The quantitative estimate of drug-likeness (QED) is 0.698. The number of carbonyl (C=O) groups excluding carboxylic acids is 1. The van der Waals surface area contributed by atoms with Gasteiger partial charge in [-0.15, -0.1) is 0 Å². The zero-order valence-corrected chi connectivity index (χ0v) is 11.5. The van der Waals surface area contributed by atoms with E-state index in [1.54, 1.807) is 7.05 Å². The molecule has 0 bridgehead atoms. The molecule has 1 aliphatic heterocycles. The first-order chi connectivity index (χ1) is 8.13. The highest BCUT2D eigenvalue weighted by atomic mass is 16.1. The van der Waals surface area contributed by atoms with Gasteiger partial charge < -0.3 is 10.6 Å². The van der Waals surface area contributed by atoms with Crippen molar-refractivity contribution in [3.63, 3.8) is 0 Å². The average Bonchev–Trinajstić information content (AvgIpc) is 2.80. The van der Waals surface area contributed by atoms with Crippen LogP contribution in [0.5, 0.6) is 0 Å². The van der Waals surface area contributed by atoms with Gasteiger partial charge in [-0.3, -0.25) is 9.69 Å². The predicted molar refractivity (Wildman–Crippen MR) is 71.0 cm³/mol. The minimum Gasteiger partial charge on any atom is -0.359 e. The SMILES string of the molecule is CNC(=O)CCCN(CC1CCCN1)C(C)C. The lowest BCUT2D eigenvalue weighted by Gasteiger charge is -2.29. The van der Waals surface area contributed by atoms with Crippen LogP contribution in [-0.2, 0) is 4.79 Å². The Morgan fingerprint density at radius 3 is 2.82 bits per heavy atom. The van der Waals surface area contributed by atoms with E-state index >= 15 is 0 Å². The van der Waals surface area contributed by atoms with E-state index < -0.39 is 0 Å². The molecule has 1 atom stereocenters. The second kappa shape index (κ2) is 7.67. The minimum absolute atomic E-state index is 0.146. The predicted octanol–water partition coefficient (Wildman–Crippen LogP) is 0.975. The van der Waals surface area contributed by atoms with Gasteiger partial charge in [0.2, 0.25) is 5.91 Å². The highest BCUT2D eigenvalue weighted by Gasteiger charge is 2.19. The molecule has 17 heavy (non-hydrogen) atoms. The topological polar surface area (TPSA) is 44.4 Å². The van der Waals surface area contributed by atoms with E-state index in [9.17, 15) is 4.79 Å². The van der Waals surface area contributed by atoms with Crippen molar-refractivity contribution in [2.75, 3.05) is 26.7 Å². The molecule has 4 nitrogen and oxygen atoms in total. The highest BCUT2D eigenvalue weighted by molar-refractivity contribution is 5.75. The smallest absolute Gasteiger partial charge is 0.219 e. The lowest BCUT2D eigenvalue weighted by atomic mass is 10.1. The number of hydrogen-bond acceptors (Lipinski definition) is 3. The van der Waals surface area contributed by atoms with Gasteiger partial charge in [0, 0.05) is 32.1 Å². The molecule has 1 heterocycles. The molecule has 0 aliphatic carbocycles. The van der Waals surface area contributed by atoms with E-state index in [1.807, 2.05) is 0 Å². The summed E-state index contributed by atoms with van der Waals surface area (Å²) in [4.78, 5) is 13.6. The van der Waals surface area contributed by atoms with Crippen LogP contribution in [0.3, 0.4) is 0 Å². The first-order valence-electron chi connectivity index (χ1n) is 6.81. The van der Waals surface area contributed by atoms with Crippen LogP contribution in [0.2, 0.25) is 0 Å². The average molecular weight is 241 g/mol. The fraction of sp³-hybridized carbons (Fsp3) is 0.923. The molecule has 1 saturated heterocycles. The largest absolute Gasteiger partial charge is 0.359 e. The van der Waals surface area contributed by atoms with Gasteiger partial charge in [-0.25, -0.2) is 0 Å². The molecule has 4 heteroatoms. The molecule has 2 N–H and O–H groups in total. The van der Waals surface area contributed by atoms with E-state index in [2.05, 4.69) is 29.4 Å². The van der Waals surface area contributed by atoms with Crippen molar-refractivity contribution in [2.45, 2.75) is 51.6 Å². The molecule has 0 spiro atoms. The normalized spacial score (nSPS) is 20.2. The summed E-state index contributed by atoms with van der Waals surface area (Å²) in [7, 11) is 1.70. The van der Waals surface area contributed by atoms with Gasteiger partial charge in [0.05, 0.1) is 0 Å². The Balaban J connectivity index is 2.25. The fourth-order valence-corrected chi connectivity index (χ4v) is 2.32. The molecule has 1 fully saturated rings. The molecule has 1 unspecified atom stereocenters. The van der Waals surface area contributed by atoms with Crippen molar-refractivity contribution in [1.29, 1.82) is 0 Å². The van der Waals surface area contributed by atoms with Gasteiger partial charge in [-0.2, -0.15) is 0 Å². The molecule has 0 aromatic heterocycles. The van der Waals surface area contributed by atoms with Gasteiger partial charge in [0.25, 0.3) is 0 Å². The molecule has 0 saturated carbocycles. The zero-order chi connectivity index (χ0) is 12.7. The first kappa shape index (κ1) is 14.5. The Hall–Kier alpha value is -0.610. The Labute approximate surface area is 105 Å². The van der Waals surface area contributed by atoms with Crippen LogP contribution < -0.4 is 10.6 Å². The van der Waals surface area contributed by atoms with Crippen LogP contribution in [0.25, 0.3) is 0 Å². The van der Waals surface area contributed by atoms with Gasteiger partial charge in [0.15, 0.2) is 0 Å². The molecule has 0 aromatic rings. The molecule has 1 aliphatic rings. The van der Waals surface area contributed by atoms with E-state index in [0.717, 1.165) is 26.1 Å². The van der Waals surface area contributed by atoms with Crippen LogP contribution >= 0.6 is 0 Å². The summed E-state index contributed by atoms with van der Waals surface area (Å²) in [6.07, 6.45) is 4.18. The van der Waals surface area contributed by atoms with E-state index in [0.29, 0.717) is 18.5 Å². The second-order valence-corrected chi connectivity index (χ2v) is 5.16. The van der Waals surface area contributed by atoms with Crippen molar-refractivity contribution in [3.8, 4) is 0 Å². The Bertz CT molecular complexity index is 225. The molecule has 100 valence electrons. The van der Waals surface area contributed by atoms with Crippen LogP contribution in [0, 0.1) is 0 Å². The van der Waals surface area contributed by atoms with Crippen LogP contribution in [0.1, 0.15) is 39.5 Å². The highest BCUT2D eigenvalue weighted by Crippen LogP contribution is 2.10. The van der Waals surface area contributed by atoms with Gasteiger partial charge in [-0.1, -0.05) is 0 Å². The van der Waals surface area contributed by atoms with Crippen LogP contribution in [0.4, 0.5) is 0 Å². The Kier molecular flexibility index (Phi) is 6.52. The van der Waals surface area contributed by atoms with Crippen LogP contribution in [-0.4, -0.2) is 49.6 Å². The lowest BCUT2D eigenvalue weighted by molar-refractivity contribution is -0.120. The number of carbonyl (C=O) groups is 1. The maximum atomic E-state index is 11.2. The standard InChI is InChI=1S/C13H27N3O/c1-11(2)16(9-5-7-13(17)14-3)10-12-6-4-8-15-12/h11-12,15H,4-10H2,1-3H3,(H,14,17). The van der Waals surface area contributed by atoms with Crippen molar-refractivity contribution in [3.05, 3.63) is 0 Å². The van der Waals surface area contributed by atoms with Crippen molar-refractivity contribution in [2.24, 2.45) is 0 Å².